The van der Waals surface area contributed by atoms with Crippen molar-refractivity contribution < 1.29 is 4.79 Å². The van der Waals surface area contributed by atoms with E-state index in [1.807, 2.05) is 36.5 Å². The van der Waals surface area contributed by atoms with Gasteiger partial charge >= 0.3 is 0 Å². The lowest BCUT2D eigenvalue weighted by Gasteiger charge is -2.16. The number of thiazole rings is 1. The van der Waals surface area contributed by atoms with Gasteiger partial charge in [-0.25, -0.2) is 19.6 Å². The predicted molar refractivity (Wildman–Crippen MR) is 103 cm³/mol. The van der Waals surface area contributed by atoms with E-state index in [1.165, 1.54) is 11.3 Å². The lowest BCUT2D eigenvalue weighted by Crippen LogP contribution is -2.26. The average molecular weight is 376 g/mol. The van der Waals surface area contributed by atoms with Gasteiger partial charge in [-0.2, -0.15) is 5.10 Å². The van der Waals surface area contributed by atoms with Crippen molar-refractivity contribution in [3.63, 3.8) is 0 Å². The summed E-state index contributed by atoms with van der Waals surface area (Å²) in [5.41, 5.74) is 2.41. The normalized spacial score (nSPS) is 10.7. The third-order valence-electron chi connectivity index (χ3n) is 3.95. The van der Waals surface area contributed by atoms with Gasteiger partial charge in [-0.05, 0) is 29.8 Å². The Kier molecular flexibility index (Phi) is 4.71. The molecule has 27 heavy (non-hydrogen) atoms. The van der Waals surface area contributed by atoms with Crippen molar-refractivity contribution in [3.8, 4) is 16.5 Å². The van der Waals surface area contributed by atoms with Gasteiger partial charge in [0, 0.05) is 43.8 Å². The van der Waals surface area contributed by atoms with E-state index in [1.54, 1.807) is 46.7 Å². The molecule has 0 fully saturated rings. The van der Waals surface area contributed by atoms with Gasteiger partial charge in [0.1, 0.15) is 5.69 Å². The Morgan fingerprint density at radius 2 is 1.89 bits per heavy atom. The summed E-state index contributed by atoms with van der Waals surface area (Å²) in [4.78, 5) is 27.0. The fourth-order valence-electron chi connectivity index (χ4n) is 2.60. The molecule has 3 heterocycles. The number of hydrogen-bond donors (Lipinski definition) is 0. The van der Waals surface area contributed by atoms with E-state index in [0.717, 1.165) is 11.3 Å². The molecule has 134 valence electrons. The molecule has 0 aliphatic carbocycles. The maximum absolute atomic E-state index is 12.7. The van der Waals surface area contributed by atoms with E-state index >= 15 is 0 Å². The Labute approximate surface area is 160 Å². The molecule has 0 aliphatic rings. The molecular weight excluding hydrogens is 360 g/mol. The minimum absolute atomic E-state index is 0.135. The molecule has 0 atom stereocenters. The second-order valence-electron chi connectivity index (χ2n) is 5.89. The molecule has 0 spiro atoms. The van der Waals surface area contributed by atoms with E-state index in [-0.39, 0.29) is 5.91 Å². The molecule has 3 aromatic heterocycles. The van der Waals surface area contributed by atoms with Crippen LogP contribution in [0, 0.1) is 0 Å². The zero-order chi connectivity index (χ0) is 18.6. The van der Waals surface area contributed by atoms with Crippen molar-refractivity contribution >= 4 is 17.2 Å². The summed E-state index contributed by atoms with van der Waals surface area (Å²) in [6, 6.07) is 11.6. The van der Waals surface area contributed by atoms with Crippen molar-refractivity contribution in [1.29, 1.82) is 0 Å². The fourth-order valence-corrected chi connectivity index (χ4v) is 3.34. The third kappa shape index (κ3) is 3.75. The summed E-state index contributed by atoms with van der Waals surface area (Å²) in [6.07, 6.45) is 6.94. The van der Waals surface area contributed by atoms with Gasteiger partial charge in [-0.15, -0.1) is 11.3 Å². The van der Waals surface area contributed by atoms with Crippen molar-refractivity contribution in [2.24, 2.45) is 0 Å². The molecule has 0 aliphatic heterocycles. The molecule has 0 unspecified atom stereocenters. The van der Waals surface area contributed by atoms with Crippen molar-refractivity contribution in [1.82, 2.24) is 29.6 Å². The lowest BCUT2D eigenvalue weighted by atomic mass is 10.2. The van der Waals surface area contributed by atoms with Crippen LogP contribution in [0.1, 0.15) is 16.1 Å². The van der Waals surface area contributed by atoms with Crippen molar-refractivity contribution in [3.05, 3.63) is 77.8 Å². The number of carbonyl (C=O) groups excluding carboxylic acids is 1. The second kappa shape index (κ2) is 7.46. The number of hydrogen-bond acceptors (Lipinski definition) is 6. The van der Waals surface area contributed by atoms with E-state index in [2.05, 4.69) is 20.1 Å². The van der Waals surface area contributed by atoms with E-state index in [0.29, 0.717) is 23.1 Å². The van der Waals surface area contributed by atoms with Crippen LogP contribution in [0.15, 0.2) is 66.6 Å². The summed E-state index contributed by atoms with van der Waals surface area (Å²) < 4.78 is 1.79. The Bertz CT molecular complexity index is 1030. The molecule has 8 heteroatoms. The summed E-state index contributed by atoms with van der Waals surface area (Å²) in [5, 5.41) is 6.58. The molecule has 0 saturated carbocycles. The summed E-state index contributed by atoms with van der Waals surface area (Å²) in [7, 11) is 1.77. The Balaban J connectivity index is 1.44. The van der Waals surface area contributed by atoms with Crippen LogP contribution in [0.4, 0.5) is 0 Å². The van der Waals surface area contributed by atoms with Gasteiger partial charge in [0.2, 0.25) is 0 Å². The highest BCUT2D eigenvalue weighted by molar-refractivity contribution is 7.13. The van der Waals surface area contributed by atoms with Crippen LogP contribution in [0.3, 0.4) is 0 Å². The van der Waals surface area contributed by atoms with Gasteiger partial charge in [0.05, 0.1) is 5.69 Å². The van der Waals surface area contributed by atoms with Crippen LogP contribution in [0.25, 0.3) is 16.5 Å². The van der Waals surface area contributed by atoms with Gasteiger partial charge < -0.3 is 4.90 Å². The van der Waals surface area contributed by atoms with Crippen LogP contribution in [-0.4, -0.2) is 42.6 Å². The molecule has 4 rings (SSSR count). The number of carbonyl (C=O) groups is 1. The first-order valence-corrected chi connectivity index (χ1v) is 9.16. The number of aromatic nitrogens is 5. The molecule has 1 amide bonds. The Morgan fingerprint density at radius 1 is 1.11 bits per heavy atom. The van der Waals surface area contributed by atoms with Crippen LogP contribution >= 0.6 is 11.3 Å². The highest BCUT2D eigenvalue weighted by Gasteiger charge is 2.17. The molecule has 4 aromatic rings. The minimum Gasteiger partial charge on any atom is -0.336 e. The topological polar surface area (TPSA) is 76.8 Å². The number of nitrogens with zero attached hydrogens (tertiary/aromatic N) is 6. The minimum atomic E-state index is -0.135. The molecule has 7 nitrogen and oxygen atoms in total. The van der Waals surface area contributed by atoms with Gasteiger partial charge in [0.25, 0.3) is 5.91 Å². The molecule has 1 aromatic carbocycles. The van der Waals surface area contributed by atoms with Gasteiger partial charge in [0.15, 0.2) is 10.8 Å². The number of benzene rings is 1. The number of amides is 1. The first-order chi connectivity index (χ1) is 13.2. The second-order valence-corrected chi connectivity index (χ2v) is 6.75. The molecule has 0 bridgehead atoms. The van der Waals surface area contributed by atoms with Crippen LogP contribution < -0.4 is 0 Å². The van der Waals surface area contributed by atoms with Crippen LogP contribution in [-0.2, 0) is 6.54 Å². The molecular formula is C19H16N6OS. The SMILES string of the molecule is CN(Cc1ccc(-n2cccn2)cc1)C(=O)c1csc(-c2ncccn2)n1. The predicted octanol–water partition coefficient (Wildman–Crippen LogP) is 3.06. The highest BCUT2D eigenvalue weighted by Crippen LogP contribution is 2.20. The van der Waals surface area contributed by atoms with Gasteiger partial charge in [-0.1, -0.05) is 12.1 Å². The number of rotatable bonds is 5. The van der Waals surface area contributed by atoms with Crippen molar-refractivity contribution in [2.45, 2.75) is 6.54 Å². The maximum atomic E-state index is 12.7. The summed E-state index contributed by atoms with van der Waals surface area (Å²) in [5.74, 6) is 0.392. The maximum Gasteiger partial charge on any atom is 0.273 e. The first-order valence-electron chi connectivity index (χ1n) is 8.28. The Morgan fingerprint density at radius 3 is 2.59 bits per heavy atom. The lowest BCUT2D eigenvalue weighted by molar-refractivity contribution is 0.0780. The van der Waals surface area contributed by atoms with E-state index < -0.39 is 0 Å². The molecule has 0 N–H and O–H groups in total. The highest BCUT2D eigenvalue weighted by atomic mass is 32.1. The average Bonchev–Trinajstić information content (AvgIpc) is 3.41. The molecule has 0 saturated heterocycles. The molecule has 0 radical (unpaired) electrons. The monoisotopic (exact) mass is 376 g/mol. The largest absolute Gasteiger partial charge is 0.336 e. The zero-order valence-corrected chi connectivity index (χ0v) is 15.4. The van der Waals surface area contributed by atoms with E-state index in [9.17, 15) is 4.79 Å². The zero-order valence-electron chi connectivity index (χ0n) is 14.6. The van der Waals surface area contributed by atoms with Crippen LogP contribution in [0.5, 0.6) is 0 Å². The summed E-state index contributed by atoms with van der Waals surface area (Å²) in [6.45, 7) is 0.493. The quantitative estimate of drug-likeness (QED) is 0.535. The first kappa shape index (κ1) is 17.0. The van der Waals surface area contributed by atoms with Crippen LogP contribution in [0.2, 0.25) is 0 Å². The standard InChI is InChI=1S/C19H16N6OS/c1-24(12-14-4-6-15(7-5-14)25-11-3-10-22-25)19(26)16-13-27-18(23-16)17-20-8-2-9-21-17/h2-11,13H,12H2,1H3. The van der Waals surface area contributed by atoms with E-state index in [4.69, 9.17) is 0 Å². The Hall–Kier alpha value is -3.39. The van der Waals surface area contributed by atoms with Gasteiger partial charge in [-0.3, -0.25) is 4.79 Å². The smallest absolute Gasteiger partial charge is 0.273 e. The third-order valence-corrected chi connectivity index (χ3v) is 4.79. The fraction of sp³-hybridized carbons (Fsp3) is 0.105. The van der Waals surface area contributed by atoms with Crippen molar-refractivity contribution in [2.75, 3.05) is 7.05 Å². The summed E-state index contributed by atoms with van der Waals surface area (Å²) >= 11 is 1.36.